The zero-order valence-electron chi connectivity index (χ0n) is 12.6. The molecule has 0 aliphatic carbocycles. The van der Waals surface area contributed by atoms with Gasteiger partial charge in [0, 0.05) is 5.54 Å². The second-order valence-electron chi connectivity index (χ2n) is 5.74. The maximum absolute atomic E-state index is 12.4. The van der Waals surface area contributed by atoms with Crippen LogP contribution in [0.1, 0.15) is 26.3 Å². The van der Waals surface area contributed by atoms with Crippen LogP contribution in [-0.2, 0) is 30.7 Å². The molecule has 0 aromatic heterocycles. The third-order valence-corrected chi connectivity index (χ3v) is 4.82. The number of rotatable bonds is 6. The Morgan fingerprint density at radius 3 is 2.19 bits per heavy atom. The van der Waals surface area contributed by atoms with Gasteiger partial charge in [-0.2, -0.15) is 8.42 Å². The second-order valence-corrected chi connectivity index (χ2v) is 9.03. The predicted molar refractivity (Wildman–Crippen MR) is 81.0 cm³/mol. The summed E-state index contributed by atoms with van der Waals surface area (Å²) in [5, 5.41) is 0. The van der Waals surface area contributed by atoms with Gasteiger partial charge in [0.1, 0.15) is 0 Å². The summed E-state index contributed by atoms with van der Waals surface area (Å²) in [6, 6.07) is 6.46. The van der Waals surface area contributed by atoms with Gasteiger partial charge in [-0.05, 0) is 38.8 Å². The van der Waals surface area contributed by atoms with Crippen LogP contribution in [-0.4, -0.2) is 35.2 Å². The van der Waals surface area contributed by atoms with Crippen molar-refractivity contribution >= 4 is 20.1 Å². The van der Waals surface area contributed by atoms with E-state index in [0.717, 1.165) is 6.26 Å². The number of hydrogen-bond acceptors (Lipinski definition) is 5. The van der Waals surface area contributed by atoms with Gasteiger partial charge in [-0.15, -0.1) is 0 Å². The number of nitrogens with one attached hydrogen (secondary N) is 1. The van der Waals surface area contributed by atoms with E-state index in [1.54, 1.807) is 39.0 Å². The van der Waals surface area contributed by atoms with Gasteiger partial charge >= 0.3 is 0 Å². The van der Waals surface area contributed by atoms with Gasteiger partial charge in [0.05, 0.1) is 17.8 Å². The molecule has 0 saturated heterocycles. The van der Waals surface area contributed by atoms with Gasteiger partial charge in [0.25, 0.3) is 10.1 Å². The monoisotopic (exact) mass is 335 g/mol. The highest BCUT2D eigenvalue weighted by molar-refractivity contribution is 7.89. The minimum atomic E-state index is -3.67. The van der Waals surface area contributed by atoms with Gasteiger partial charge < -0.3 is 0 Å². The van der Waals surface area contributed by atoms with E-state index in [2.05, 4.69) is 8.91 Å². The Bertz CT molecular complexity index is 688. The van der Waals surface area contributed by atoms with Crippen LogP contribution in [0.4, 0.5) is 0 Å². The van der Waals surface area contributed by atoms with Gasteiger partial charge in [0.2, 0.25) is 10.0 Å². The Morgan fingerprint density at radius 2 is 1.67 bits per heavy atom. The van der Waals surface area contributed by atoms with Crippen LogP contribution in [0.15, 0.2) is 29.2 Å². The summed E-state index contributed by atoms with van der Waals surface area (Å²) in [5.74, 6) is 0. The zero-order valence-corrected chi connectivity index (χ0v) is 14.2. The lowest BCUT2D eigenvalue weighted by atomic mass is 10.1. The summed E-state index contributed by atoms with van der Waals surface area (Å²) in [7, 11) is -7.21. The van der Waals surface area contributed by atoms with Crippen LogP contribution in [0.5, 0.6) is 0 Å². The van der Waals surface area contributed by atoms with Crippen LogP contribution < -0.4 is 4.72 Å². The van der Waals surface area contributed by atoms with Gasteiger partial charge in [-0.25, -0.2) is 13.1 Å². The van der Waals surface area contributed by atoms with Crippen molar-refractivity contribution in [1.29, 1.82) is 0 Å². The van der Waals surface area contributed by atoms with Gasteiger partial charge in [0.15, 0.2) is 0 Å². The van der Waals surface area contributed by atoms with Crippen molar-refractivity contribution in [3.63, 3.8) is 0 Å². The Morgan fingerprint density at radius 1 is 1.10 bits per heavy atom. The Kier molecular flexibility index (Phi) is 5.54. The van der Waals surface area contributed by atoms with Crippen molar-refractivity contribution in [2.75, 3.05) is 12.9 Å². The first-order valence-corrected chi connectivity index (χ1v) is 9.67. The summed E-state index contributed by atoms with van der Waals surface area (Å²) < 4.78 is 53.8. The van der Waals surface area contributed by atoms with E-state index in [1.165, 1.54) is 6.07 Å². The van der Waals surface area contributed by atoms with Crippen LogP contribution in [0.2, 0.25) is 0 Å². The third-order valence-electron chi connectivity index (χ3n) is 2.37. The highest BCUT2D eigenvalue weighted by Crippen LogP contribution is 2.18. The fraction of sp³-hybridized carbons (Fsp3) is 0.538. The van der Waals surface area contributed by atoms with Crippen LogP contribution in [0, 0.1) is 0 Å². The molecule has 0 unspecified atom stereocenters. The highest BCUT2D eigenvalue weighted by atomic mass is 32.2. The smallest absolute Gasteiger partial charge is 0.264 e. The summed E-state index contributed by atoms with van der Waals surface area (Å²) in [4.78, 5) is 0.136. The quantitative estimate of drug-likeness (QED) is 0.791. The molecule has 120 valence electrons. The van der Waals surface area contributed by atoms with Crippen LogP contribution in [0.3, 0.4) is 0 Å². The molecule has 1 aromatic carbocycles. The van der Waals surface area contributed by atoms with E-state index in [0.29, 0.717) is 5.56 Å². The van der Waals surface area contributed by atoms with Crippen molar-refractivity contribution in [3.05, 3.63) is 29.8 Å². The molecule has 8 heteroatoms. The molecule has 1 aromatic rings. The lowest BCUT2D eigenvalue weighted by Gasteiger charge is -2.21. The molecule has 0 bridgehead atoms. The minimum Gasteiger partial charge on any atom is -0.270 e. The van der Waals surface area contributed by atoms with Crippen LogP contribution >= 0.6 is 0 Å². The molecule has 0 saturated carbocycles. The van der Waals surface area contributed by atoms with E-state index >= 15 is 0 Å². The SMILES string of the molecule is CC(C)(C)NS(=O)(=O)c1ccccc1CCOS(C)(=O)=O. The lowest BCUT2D eigenvalue weighted by molar-refractivity contribution is 0.325. The Hall–Kier alpha value is -0.960. The molecule has 1 rings (SSSR count). The number of sulfonamides is 1. The highest BCUT2D eigenvalue weighted by Gasteiger charge is 2.24. The average molecular weight is 335 g/mol. The number of hydrogen-bond donors (Lipinski definition) is 1. The molecule has 21 heavy (non-hydrogen) atoms. The Labute approximate surface area is 126 Å². The van der Waals surface area contributed by atoms with Crippen molar-refractivity contribution in [3.8, 4) is 0 Å². The fourth-order valence-electron chi connectivity index (χ4n) is 1.73. The maximum atomic E-state index is 12.4. The molecular formula is C13H21NO5S2. The largest absolute Gasteiger partial charge is 0.270 e. The van der Waals surface area contributed by atoms with E-state index in [9.17, 15) is 16.8 Å². The first-order valence-electron chi connectivity index (χ1n) is 6.37. The molecule has 0 amide bonds. The molecule has 6 nitrogen and oxygen atoms in total. The fourth-order valence-corrected chi connectivity index (χ4v) is 3.81. The first kappa shape index (κ1) is 18.1. The minimum absolute atomic E-state index is 0.0963. The van der Waals surface area contributed by atoms with E-state index in [4.69, 9.17) is 0 Å². The molecule has 1 N–H and O–H groups in total. The number of benzene rings is 1. The van der Waals surface area contributed by atoms with E-state index < -0.39 is 25.7 Å². The summed E-state index contributed by atoms with van der Waals surface area (Å²) in [6.07, 6.45) is 1.14. The van der Waals surface area contributed by atoms with E-state index in [1.807, 2.05) is 0 Å². The lowest BCUT2D eigenvalue weighted by Crippen LogP contribution is -2.40. The maximum Gasteiger partial charge on any atom is 0.264 e. The molecule has 0 spiro atoms. The van der Waals surface area contributed by atoms with Gasteiger partial charge in [-0.1, -0.05) is 18.2 Å². The molecule has 0 atom stereocenters. The second kappa shape index (κ2) is 6.43. The molecular weight excluding hydrogens is 314 g/mol. The summed E-state index contributed by atoms with van der Waals surface area (Å²) in [5.41, 5.74) is -0.0900. The summed E-state index contributed by atoms with van der Waals surface area (Å²) >= 11 is 0. The molecule has 0 aliphatic rings. The normalized spacial score (nSPS) is 13.3. The Balaban J connectivity index is 2.99. The third kappa shape index (κ3) is 6.56. The standard InChI is InChI=1S/C13H21NO5S2/c1-13(2,3)14-21(17,18)12-8-6-5-7-11(12)9-10-19-20(4,15)16/h5-8,14H,9-10H2,1-4H3. The molecule has 0 radical (unpaired) electrons. The van der Waals surface area contributed by atoms with Crippen molar-refractivity contribution in [2.45, 2.75) is 37.6 Å². The van der Waals surface area contributed by atoms with E-state index in [-0.39, 0.29) is 17.9 Å². The molecule has 0 aliphatic heterocycles. The predicted octanol–water partition coefficient (Wildman–Crippen LogP) is 1.28. The topological polar surface area (TPSA) is 89.5 Å². The average Bonchev–Trinajstić information content (AvgIpc) is 2.24. The molecule has 0 heterocycles. The zero-order chi connectivity index (χ0) is 16.3. The molecule has 0 fully saturated rings. The summed E-state index contributed by atoms with van der Waals surface area (Å²) in [6.45, 7) is 5.15. The van der Waals surface area contributed by atoms with Crippen LogP contribution in [0.25, 0.3) is 0 Å². The first-order chi connectivity index (χ1) is 9.41. The van der Waals surface area contributed by atoms with Crippen molar-refractivity contribution < 1.29 is 21.0 Å². The van der Waals surface area contributed by atoms with Gasteiger partial charge in [-0.3, -0.25) is 4.18 Å². The van der Waals surface area contributed by atoms with Crippen molar-refractivity contribution in [2.24, 2.45) is 0 Å². The van der Waals surface area contributed by atoms with Crippen molar-refractivity contribution in [1.82, 2.24) is 4.72 Å².